The quantitative estimate of drug-likeness (QED) is 0.718. The Morgan fingerprint density at radius 3 is 2.89 bits per heavy atom. The number of hydrogen-bond donors (Lipinski definition) is 0. The Hall–Kier alpha value is -2.24. The van der Waals surface area contributed by atoms with E-state index in [1.54, 1.807) is 13.3 Å². The van der Waals surface area contributed by atoms with Gasteiger partial charge in [-0.2, -0.15) is 4.98 Å². The van der Waals surface area contributed by atoms with E-state index in [1.807, 2.05) is 16.8 Å². The van der Waals surface area contributed by atoms with Crippen LogP contribution >= 0.6 is 0 Å². The van der Waals surface area contributed by atoms with Gasteiger partial charge in [0.1, 0.15) is 16.6 Å². The topological polar surface area (TPSA) is 65.7 Å². The number of ether oxygens (including phenoxy) is 1. The zero-order valence-electron chi connectivity index (χ0n) is 11.2. The zero-order chi connectivity index (χ0) is 13.4. The maximum absolute atomic E-state index is 5.10. The molecule has 1 aromatic carbocycles. The molecule has 0 aliphatic carbocycles. The minimum Gasteiger partial charge on any atom is -0.467 e. The highest BCUT2D eigenvalue weighted by molar-refractivity contribution is 6.01. The molecular weight excluding hydrogens is 242 g/mol. The first-order valence-corrected chi connectivity index (χ1v) is 6.22. The number of fused-ring (bicyclic) bond motifs is 3. The van der Waals surface area contributed by atoms with Crippen LogP contribution in [0.1, 0.15) is 13.8 Å². The van der Waals surface area contributed by atoms with Gasteiger partial charge in [0.25, 0.3) is 0 Å². The van der Waals surface area contributed by atoms with E-state index < -0.39 is 0 Å². The fraction of sp³-hybridized carbons (Fsp3) is 0.385. The SMILES string of the molecule is COc1ncc2ccc3nnn(CC(C)C)c3c2n1. The number of rotatable bonds is 3. The molecule has 2 aromatic heterocycles. The first-order valence-electron chi connectivity index (χ1n) is 6.22. The molecule has 0 spiro atoms. The van der Waals surface area contributed by atoms with Crippen molar-refractivity contribution in [2.45, 2.75) is 20.4 Å². The first-order chi connectivity index (χ1) is 9.19. The van der Waals surface area contributed by atoms with E-state index in [9.17, 15) is 0 Å². The van der Waals surface area contributed by atoms with Gasteiger partial charge in [0.15, 0.2) is 0 Å². The highest BCUT2D eigenvalue weighted by Crippen LogP contribution is 2.23. The molecule has 6 heteroatoms. The van der Waals surface area contributed by atoms with Gasteiger partial charge in [-0.1, -0.05) is 19.1 Å². The number of nitrogens with zero attached hydrogens (tertiary/aromatic N) is 5. The van der Waals surface area contributed by atoms with Gasteiger partial charge < -0.3 is 4.74 Å². The lowest BCUT2D eigenvalue weighted by Crippen LogP contribution is -2.06. The summed E-state index contributed by atoms with van der Waals surface area (Å²) in [4.78, 5) is 8.55. The highest BCUT2D eigenvalue weighted by atomic mass is 16.5. The standard InChI is InChI=1S/C13H15N5O/c1-8(2)7-18-12-10(16-17-18)5-4-9-6-14-13(19-3)15-11(9)12/h4-6,8H,7H2,1-3H3. The molecule has 0 saturated heterocycles. The molecule has 0 saturated carbocycles. The Morgan fingerprint density at radius 2 is 2.16 bits per heavy atom. The van der Waals surface area contributed by atoms with E-state index in [1.165, 1.54) is 0 Å². The van der Waals surface area contributed by atoms with Crippen molar-refractivity contribution in [2.24, 2.45) is 5.92 Å². The van der Waals surface area contributed by atoms with Crippen LogP contribution in [0.4, 0.5) is 0 Å². The summed E-state index contributed by atoms with van der Waals surface area (Å²) in [7, 11) is 1.56. The predicted molar refractivity (Wildman–Crippen MR) is 72.0 cm³/mol. The molecule has 0 radical (unpaired) electrons. The second kappa shape index (κ2) is 4.46. The molecule has 0 aliphatic heterocycles. The Balaban J connectivity index is 2.32. The molecule has 0 bridgehead atoms. The minimum absolute atomic E-state index is 0.359. The van der Waals surface area contributed by atoms with Crippen LogP contribution in [0.5, 0.6) is 6.01 Å². The molecule has 0 N–H and O–H groups in total. The van der Waals surface area contributed by atoms with E-state index in [0.717, 1.165) is 28.5 Å². The average molecular weight is 257 g/mol. The summed E-state index contributed by atoms with van der Waals surface area (Å²) in [6, 6.07) is 4.25. The highest BCUT2D eigenvalue weighted by Gasteiger charge is 2.12. The van der Waals surface area contributed by atoms with Crippen molar-refractivity contribution in [1.29, 1.82) is 0 Å². The molecule has 2 heterocycles. The van der Waals surface area contributed by atoms with Crippen LogP contribution in [0.2, 0.25) is 0 Å². The van der Waals surface area contributed by atoms with Crippen molar-refractivity contribution < 1.29 is 4.74 Å². The van der Waals surface area contributed by atoms with Crippen molar-refractivity contribution in [2.75, 3.05) is 7.11 Å². The molecule has 6 nitrogen and oxygen atoms in total. The van der Waals surface area contributed by atoms with Crippen LogP contribution in [0.3, 0.4) is 0 Å². The van der Waals surface area contributed by atoms with E-state index in [4.69, 9.17) is 4.74 Å². The molecule has 0 fully saturated rings. The first kappa shape index (κ1) is 11.8. The van der Waals surface area contributed by atoms with Crippen molar-refractivity contribution in [3.05, 3.63) is 18.3 Å². The smallest absolute Gasteiger partial charge is 0.316 e. The summed E-state index contributed by atoms with van der Waals surface area (Å²) in [5, 5.41) is 9.35. The van der Waals surface area contributed by atoms with Crippen molar-refractivity contribution >= 4 is 21.9 Å². The third-order valence-corrected chi connectivity index (χ3v) is 2.92. The largest absolute Gasteiger partial charge is 0.467 e. The van der Waals surface area contributed by atoms with Crippen LogP contribution in [0, 0.1) is 5.92 Å². The summed E-state index contributed by atoms with van der Waals surface area (Å²) >= 11 is 0. The molecule has 0 amide bonds. The van der Waals surface area contributed by atoms with Gasteiger partial charge in [0, 0.05) is 18.1 Å². The van der Waals surface area contributed by atoms with Crippen molar-refractivity contribution in [3.63, 3.8) is 0 Å². The number of methoxy groups -OCH3 is 1. The van der Waals surface area contributed by atoms with Crippen molar-refractivity contribution in [3.8, 4) is 6.01 Å². The number of aromatic nitrogens is 5. The molecule has 0 unspecified atom stereocenters. The Kier molecular flexibility index (Phi) is 2.77. The van der Waals surface area contributed by atoms with E-state index in [-0.39, 0.29) is 0 Å². The van der Waals surface area contributed by atoms with E-state index in [0.29, 0.717) is 11.9 Å². The lowest BCUT2D eigenvalue weighted by atomic mass is 10.2. The summed E-state index contributed by atoms with van der Waals surface area (Å²) in [5.41, 5.74) is 2.61. The maximum atomic E-state index is 5.10. The van der Waals surface area contributed by atoms with Gasteiger partial charge >= 0.3 is 6.01 Å². The second-order valence-corrected chi connectivity index (χ2v) is 4.89. The fourth-order valence-corrected chi connectivity index (χ4v) is 2.11. The van der Waals surface area contributed by atoms with Crippen LogP contribution in [0.25, 0.3) is 21.9 Å². The van der Waals surface area contributed by atoms with E-state index in [2.05, 4.69) is 34.1 Å². The van der Waals surface area contributed by atoms with Gasteiger partial charge in [0.05, 0.1) is 7.11 Å². The molecule has 3 aromatic rings. The third kappa shape index (κ3) is 1.99. The van der Waals surface area contributed by atoms with Crippen LogP contribution < -0.4 is 4.74 Å². The average Bonchev–Trinajstić information content (AvgIpc) is 2.81. The van der Waals surface area contributed by atoms with Gasteiger partial charge in [-0.05, 0) is 18.1 Å². The molecule has 0 aliphatic rings. The number of hydrogen-bond acceptors (Lipinski definition) is 5. The van der Waals surface area contributed by atoms with Gasteiger partial charge in [-0.3, -0.25) is 0 Å². The van der Waals surface area contributed by atoms with Crippen molar-refractivity contribution in [1.82, 2.24) is 25.0 Å². The molecular formula is C13H15N5O. The minimum atomic E-state index is 0.359. The predicted octanol–water partition coefficient (Wildman–Crippen LogP) is 2.04. The monoisotopic (exact) mass is 257 g/mol. The molecule has 0 atom stereocenters. The summed E-state index contributed by atoms with van der Waals surface area (Å²) in [5.74, 6) is 0.490. The van der Waals surface area contributed by atoms with Gasteiger partial charge in [0.2, 0.25) is 0 Å². The molecule has 3 rings (SSSR count). The molecule has 19 heavy (non-hydrogen) atoms. The zero-order valence-corrected chi connectivity index (χ0v) is 11.2. The van der Waals surface area contributed by atoms with Gasteiger partial charge in [-0.25, -0.2) is 9.67 Å². The molecule has 98 valence electrons. The maximum Gasteiger partial charge on any atom is 0.316 e. The van der Waals surface area contributed by atoms with Crippen LogP contribution in [0.15, 0.2) is 18.3 Å². The summed E-state index contributed by atoms with van der Waals surface area (Å²) in [6.07, 6.45) is 1.76. The van der Waals surface area contributed by atoms with Crippen LogP contribution in [-0.4, -0.2) is 32.1 Å². The third-order valence-electron chi connectivity index (χ3n) is 2.92. The second-order valence-electron chi connectivity index (χ2n) is 4.89. The summed E-state index contributed by atoms with van der Waals surface area (Å²) < 4.78 is 6.99. The van der Waals surface area contributed by atoms with Gasteiger partial charge in [-0.15, -0.1) is 5.10 Å². The lowest BCUT2D eigenvalue weighted by Gasteiger charge is -2.07. The fourth-order valence-electron chi connectivity index (χ4n) is 2.11. The number of benzene rings is 1. The normalized spacial score (nSPS) is 11.6. The Bertz CT molecular complexity index is 734. The van der Waals surface area contributed by atoms with E-state index >= 15 is 0 Å². The Morgan fingerprint density at radius 1 is 1.32 bits per heavy atom. The summed E-state index contributed by atoms with van der Waals surface area (Å²) in [6.45, 7) is 5.10. The van der Waals surface area contributed by atoms with Crippen LogP contribution in [-0.2, 0) is 6.54 Å². The Labute approximate surface area is 110 Å². The lowest BCUT2D eigenvalue weighted by molar-refractivity contribution is 0.382.